The fraction of sp³-hybridized carbons (Fsp3) is 0.133. The van der Waals surface area contributed by atoms with Gasteiger partial charge in [-0.15, -0.1) is 10.2 Å². The molecule has 0 spiro atoms. The van der Waals surface area contributed by atoms with E-state index in [0.717, 1.165) is 5.56 Å². The van der Waals surface area contributed by atoms with Crippen LogP contribution in [0.25, 0.3) is 11.7 Å². The van der Waals surface area contributed by atoms with E-state index in [1.165, 1.54) is 6.26 Å². The SMILES string of the molecule is Cc1ccc(C(=O)OCc2nnc(-c3ccco3)o2)cc1. The molecule has 1 aromatic carbocycles. The molecule has 2 aromatic heterocycles. The maximum absolute atomic E-state index is 11.8. The van der Waals surface area contributed by atoms with Crippen LogP contribution in [0.1, 0.15) is 21.8 Å². The van der Waals surface area contributed by atoms with Crippen LogP contribution in [0.3, 0.4) is 0 Å². The third kappa shape index (κ3) is 3.00. The van der Waals surface area contributed by atoms with Crippen molar-refractivity contribution in [1.82, 2.24) is 10.2 Å². The Balaban J connectivity index is 1.62. The summed E-state index contributed by atoms with van der Waals surface area (Å²) in [5.41, 5.74) is 1.55. The van der Waals surface area contributed by atoms with Crippen molar-refractivity contribution in [1.29, 1.82) is 0 Å². The highest BCUT2D eigenvalue weighted by Crippen LogP contribution is 2.18. The molecule has 0 radical (unpaired) electrons. The second-order valence-electron chi connectivity index (χ2n) is 4.42. The van der Waals surface area contributed by atoms with Gasteiger partial charge in [0.25, 0.3) is 11.8 Å². The number of nitrogens with zero attached hydrogens (tertiary/aromatic N) is 2. The van der Waals surface area contributed by atoms with Gasteiger partial charge in [-0.25, -0.2) is 4.79 Å². The first-order valence-corrected chi connectivity index (χ1v) is 6.32. The summed E-state index contributed by atoms with van der Waals surface area (Å²) in [6, 6.07) is 10.5. The molecule has 0 aliphatic carbocycles. The van der Waals surface area contributed by atoms with Gasteiger partial charge in [-0.3, -0.25) is 0 Å². The number of aromatic nitrogens is 2. The quantitative estimate of drug-likeness (QED) is 0.685. The number of rotatable bonds is 4. The molecule has 106 valence electrons. The number of carbonyl (C=O) groups excluding carboxylic acids is 1. The van der Waals surface area contributed by atoms with E-state index in [4.69, 9.17) is 13.6 Å². The molecule has 0 unspecified atom stereocenters. The topological polar surface area (TPSA) is 78.4 Å². The van der Waals surface area contributed by atoms with Crippen LogP contribution in [0.4, 0.5) is 0 Å². The Bertz CT molecular complexity index is 729. The molecule has 0 bridgehead atoms. The number of furan rings is 1. The van der Waals surface area contributed by atoms with Gasteiger partial charge in [0.05, 0.1) is 11.8 Å². The van der Waals surface area contributed by atoms with Crippen LogP contribution < -0.4 is 0 Å². The van der Waals surface area contributed by atoms with Gasteiger partial charge in [0.1, 0.15) is 0 Å². The Morgan fingerprint density at radius 3 is 2.71 bits per heavy atom. The van der Waals surface area contributed by atoms with Gasteiger partial charge in [-0.1, -0.05) is 17.7 Å². The van der Waals surface area contributed by atoms with E-state index in [2.05, 4.69) is 10.2 Å². The summed E-state index contributed by atoms with van der Waals surface area (Å²) < 4.78 is 15.6. The Hall–Kier alpha value is -2.89. The molecule has 0 atom stereocenters. The van der Waals surface area contributed by atoms with E-state index in [9.17, 15) is 4.79 Å². The van der Waals surface area contributed by atoms with Gasteiger partial charge in [-0.2, -0.15) is 0 Å². The number of hydrogen-bond donors (Lipinski definition) is 0. The van der Waals surface area contributed by atoms with Gasteiger partial charge in [0, 0.05) is 0 Å². The fourth-order valence-corrected chi connectivity index (χ4v) is 1.71. The molecule has 0 N–H and O–H groups in total. The van der Waals surface area contributed by atoms with Crippen molar-refractivity contribution in [2.45, 2.75) is 13.5 Å². The standard InChI is InChI=1S/C15H12N2O4/c1-10-4-6-11(7-5-10)15(18)20-9-13-16-17-14(21-13)12-3-2-8-19-12/h2-8H,9H2,1H3. The third-order valence-electron chi connectivity index (χ3n) is 2.81. The van der Waals surface area contributed by atoms with E-state index in [0.29, 0.717) is 11.3 Å². The monoisotopic (exact) mass is 284 g/mol. The molecule has 3 rings (SSSR count). The highest BCUT2D eigenvalue weighted by molar-refractivity contribution is 5.89. The average Bonchev–Trinajstić information content (AvgIpc) is 3.16. The number of benzene rings is 1. The van der Waals surface area contributed by atoms with Gasteiger partial charge < -0.3 is 13.6 Å². The van der Waals surface area contributed by atoms with E-state index in [-0.39, 0.29) is 18.4 Å². The van der Waals surface area contributed by atoms with E-state index in [1.54, 1.807) is 24.3 Å². The van der Waals surface area contributed by atoms with E-state index < -0.39 is 5.97 Å². The van der Waals surface area contributed by atoms with Crippen LogP contribution in [0.5, 0.6) is 0 Å². The van der Waals surface area contributed by atoms with Gasteiger partial charge in [0.2, 0.25) is 0 Å². The predicted octanol–water partition coefficient (Wildman–Crippen LogP) is 3.00. The maximum atomic E-state index is 11.8. The molecule has 3 aromatic rings. The molecule has 2 heterocycles. The molecule has 0 saturated heterocycles. The summed E-state index contributed by atoms with van der Waals surface area (Å²) >= 11 is 0. The van der Waals surface area contributed by atoms with E-state index >= 15 is 0 Å². The smallest absolute Gasteiger partial charge is 0.338 e. The van der Waals surface area contributed by atoms with Crippen molar-refractivity contribution in [3.63, 3.8) is 0 Å². The van der Waals surface area contributed by atoms with Crippen molar-refractivity contribution in [3.05, 3.63) is 59.7 Å². The Morgan fingerprint density at radius 2 is 2.00 bits per heavy atom. The second kappa shape index (κ2) is 5.62. The molecule has 0 aliphatic rings. The first-order chi connectivity index (χ1) is 10.2. The zero-order valence-electron chi connectivity index (χ0n) is 11.3. The molecular weight excluding hydrogens is 272 g/mol. The highest BCUT2D eigenvalue weighted by Gasteiger charge is 2.13. The number of carbonyl (C=O) groups is 1. The number of esters is 1. The Labute approximate surface area is 120 Å². The van der Waals surface area contributed by atoms with Crippen molar-refractivity contribution in [3.8, 4) is 11.7 Å². The first-order valence-electron chi connectivity index (χ1n) is 6.32. The summed E-state index contributed by atoms with van der Waals surface area (Å²) in [7, 11) is 0. The lowest BCUT2D eigenvalue weighted by molar-refractivity contribution is 0.0438. The van der Waals surface area contributed by atoms with Crippen LogP contribution >= 0.6 is 0 Å². The zero-order valence-corrected chi connectivity index (χ0v) is 11.3. The average molecular weight is 284 g/mol. The van der Waals surface area contributed by atoms with Crippen LogP contribution in [0, 0.1) is 6.92 Å². The minimum atomic E-state index is -0.437. The Morgan fingerprint density at radius 1 is 1.19 bits per heavy atom. The maximum Gasteiger partial charge on any atom is 0.338 e. The molecule has 0 aliphatic heterocycles. The van der Waals surface area contributed by atoms with Crippen LogP contribution in [-0.2, 0) is 11.3 Å². The molecule has 6 heteroatoms. The van der Waals surface area contributed by atoms with E-state index in [1.807, 2.05) is 19.1 Å². The van der Waals surface area contributed by atoms with Crippen molar-refractivity contribution >= 4 is 5.97 Å². The number of aryl methyl sites for hydroxylation is 1. The van der Waals surface area contributed by atoms with Crippen molar-refractivity contribution < 1.29 is 18.4 Å². The molecular formula is C15H12N2O4. The Kier molecular flexibility index (Phi) is 3.51. The van der Waals surface area contributed by atoms with Gasteiger partial charge in [0.15, 0.2) is 12.4 Å². The normalized spacial score (nSPS) is 10.5. The van der Waals surface area contributed by atoms with Gasteiger partial charge in [-0.05, 0) is 31.2 Å². The summed E-state index contributed by atoms with van der Waals surface area (Å²) in [6.45, 7) is 1.87. The molecule has 21 heavy (non-hydrogen) atoms. The lowest BCUT2D eigenvalue weighted by atomic mass is 10.1. The number of hydrogen-bond acceptors (Lipinski definition) is 6. The van der Waals surface area contributed by atoms with Crippen LogP contribution in [-0.4, -0.2) is 16.2 Å². The molecule has 6 nitrogen and oxygen atoms in total. The largest absolute Gasteiger partial charge is 0.459 e. The summed E-state index contributed by atoms with van der Waals surface area (Å²) in [5.74, 6) is 0.495. The fourth-order valence-electron chi connectivity index (χ4n) is 1.71. The van der Waals surface area contributed by atoms with Crippen LogP contribution in [0.15, 0.2) is 51.5 Å². The third-order valence-corrected chi connectivity index (χ3v) is 2.81. The van der Waals surface area contributed by atoms with Crippen LogP contribution in [0.2, 0.25) is 0 Å². The minimum absolute atomic E-state index is 0.0829. The first kappa shape index (κ1) is 13.1. The summed E-state index contributed by atoms with van der Waals surface area (Å²) in [5, 5.41) is 7.62. The second-order valence-corrected chi connectivity index (χ2v) is 4.42. The highest BCUT2D eigenvalue weighted by atomic mass is 16.5. The van der Waals surface area contributed by atoms with Gasteiger partial charge >= 0.3 is 5.97 Å². The zero-order chi connectivity index (χ0) is 14.7. The van der Waals surface area contributed by atoms with Crippen molar-refractivity contribution in [2.24, 2.45) is 0 Å². The van der Waals surface area contributed by atoms with Crippen molar-refractivity contribution in [2.75, 3.05) is 0 Å². The summed E-state index contributed by atoms with van der Waals surface area (Å²) in [4.78, 5) is 11.8. The lowest BCUT2D eigenvalue weighted by Gasteiger charge is -2.02. The minimum Gasteiger partial charge on any atom is -0.459 e. The molecule has 0 fully saturated rings. The number of ether oxygens (including phenoxy) is 1. The predicted molar refractivity (Wildman–Crippen MR) is 72.3 cm³/mol. The lowest BCUT2D eigenvalue weighted by Crippen LogP contribution is -2.05. The summed E-state index contributed by atoms with van der Waals surface area (Å²) in [6.07, 6.45) is 1.51. The molecule has 0 saturated carbocycles. The molecule has 0 amide bonds.